The highest BCUT2D eigenvalue weighted by molar-refractivity contribution is 7.93. The Morgan fingerprint density at radius 2 is 1.78 bits per heavy atom. The summed E-state index contributed by atoms with van der Waals surface area (Å²) in [6.45, 7) is 3.76. The number of fused-ring (bicyclic) bond motifs is 1. The van der Waals surface area contributed by atoms with Gasteiger partial charge in [-0.3, -0.25) is 9.52 Å². The van der Waals surface area contributed by atoms with Gasteiger partial charge in [-0.05, 0) is 61.9 Å². The van der Waals surface area contributed by atoms with Gasteiger partial charge in [-0.1, -0.05) is 35.1 Å². The second-order valence-electron chi connectivity index (χ2n) is 7.26. The van der Waals surface area contributed by atoms with Crippen molar-refractivity contribution in [2.45, 2.75) is 18.7 Å². The Kier molecular flexibility index (Phi) is 5.86. The van der Waals surface area contributed by atoms with Gasteiger partial charge in [0.15, 0.2) is 5.13 Å². The molecule has 32 heavy (non-hydrogen) atoms. The number of ether oxygens (including phenoxy) is 1. The average molecular weight is 468 g/mol. The van der Waals surface area contributed by atoms with Crippen LogP contribution in [-0.2, 0) is 10.0 Å². The summed E-state index contributed by atoms with van der Waals surface area (Å²) in [6, 6.07) is 17.1. The largest absolute Gasteiger partial charge is 0.497 e. The van der Waals surface area contributed by atoms with Gasteiger partial charge in [-0.25, -0.2) is 13.4 Å². The van der Waals surface area contributed by atoms with E-state index in [0.29, 0.717) is 22.5 Å². The molecule has 0 aliphatic heterocycles. The van der Waals surface area contributed by atoms with Crippen LogP contribution in [0.1, 0.15) is 21.5 Å². The summed E-state index contributed by atoms with van der Waals surface area (Å²) in [7, 11) is -2.20. The zero-order valence-corrected chi connectivity index (χ0v) is 19.3. The molecule has 9 heteroatoms. The molecule has 0 unspecified atom stereocenters. The first-order chi connectivity index (χ1) is 15.2. The summed E-state index contributed by atoms with van der Waals surface area (Å²) in [4.78, 5) is 17.2. The Hall–Kier alpha value is -3.43. The molecule has 1 aromatic heterocycles. The van der Waals surface area contributed by atoms with Gasteiger partial charge >= 0.3 is 0 Å². The first kappa shape index (κ1) is 21.8. The van der Waals surface area contributed by atoms with E-state index < -0.39 is 10.0 Å². The van der Waals surface area contributed by atoms with Crippen molar-refractivity contribution in [3.63, 3.8) is 0 Å². The highest BCUT2D eigenvalue weighted by atomic mass is 32.2. The van der Waals surface area contributed by atoms with Crippen molar-refractivity contribution in [2.24, 2.45) is 0 Å². The molecule has 0 aliphatic rings. The molecule has 0 saturated carbocycles. The molecule has 3 aromatic carbocycles. The van der Waals surface area contributed by atoms with Crippen molar-refractivity contribution in [1.29, 1.82) is 0 Å². The van der Waals surface area contributed by atoms with Gasteiger partial charge in [-0.2, -0.15) is 0 Å². The standard InChI is InChI=1S/C23H21N3O4S2/c1-14-7-9-19(10-8-14)32(28,29)26-23-25-21-15(2)11-17(13-20(21)31-23)24-22(27)16-5-4-6-18(12-16)30-3/h4-13H,1-3H3,(H,24,27)(H,25,26). The van der Waals surface area contributed by atoms with E-state index in [0.717, 1.165) is 15.8 Å². The smallest absolute Gasteiger partial charge is 0.263 e. The first-order valence-electron chi connectivity index (χ1n) is 9.71. The molecule has 4 aromatic rings. The third-order valence-corrected chi connectivity index (χ3v) is 7.23. The Morgan fingerprint density at radius 1 is 1.03 bits per heavy atom. The topological polar surface area (TPSA) is 97.4 Å². The van der Waals surface area contributed by atoms with Gasteiger partial charge in [0.1, 0.15) is 5.75 Å². The number of sulfonamides is 1. The molecular formula is C23H21N3O4S2. The van der Waals surface area contributed by atoms with Gasteiger partial charge in [-0.15, -0.1) is 0 Å². The molecular weight excluding hydrogens is 446 g/mol. The van der Waals surface area contributed by atoms with E-state index in [1.54, 1.807) is 67.8 Å². The number of aryl methyl sites for hydroxylation is 2. The average Bonchev–Trinajstić information content (AvgIpc) is 3.16. The maximum Gasteiger partial charge on any atom is 0.263 e. The van der Waals surface area contributed by atoms with Crippen LogP contribution < -0.4 is 14.8 Å². The second kappa shape index (κ2) is 8.60. The quantitative estimate of drug-likeness (QED) is 0.417. The Morgan fingerprint density at radius 3 is 2.50 bits per heavy atom. The Bertz CT molecular complexity index is 1410. The van der Waals surface area contributed by atoms with E-state index in [-0.39, 0.29) is 15.9 Å². The van der Waals surface area contributed by atoms with E-state index in [4.69, 9.17) is 4.74 Å². The molecule has 0 aliphatic carbocycles. The minimum absolute atomic E-state index is 0.172. The van der Waals surface area contributed by atoms with Gasteiger partial charge < -0.3 is 10.1 Å². The molecule has 0 fully saturated rings. The van der Waals surface area contributed by atoms with E-state index in [9.17, 15) is 13.2 Å². The van der Waals surface area contributed by atoms with Crippen LogP contribution in [0.5, 0.6) is 5.75 Å². The van der Waals surface area contributed by atoms with Crippen LogP contribution in [0.4, 0.5) is 10.8 Å². The molecule has 7 nitrogen and oxygen atoms in total. The third kappa shape index (κ3) is 4.58. The fourth-order valence-electron chi connectivity index (χ4n) is 3.17. The molecule has 164 valence electrons. The van der Waals surface area contributed by atoms with Crippen LogP contribution in [-0.4, -0.2) is 26.4 Å². The summed E-state index contributed by atoms with van der Waals surface area (Å²) < 4.78 is 33.8. The van der Waals surface area contributed by atoms with Crippen molar-refractivity contribution < 1.29 is 17.9 Å². The number of thiazole rings is 1. The summed E-state index contributed by atoms with van der Waals surface area (Å²) in [6.07, 6.45) is 0. The number of hydrogen-bond donors (Lipinski definition) is 2. The maximum absolute atomic E-state index is 12.7. The van der Waals surface area contributed by atoms with Crippen molar-refractivity contribution in [3.05, 3.63) is 77.4 Å². The summed E-state index contributed by atoms with van der Waals surface area (Å²) in [5.74, 6) is 0.324. The number of nitrogens with zero attached hydrogens (tertiary/aromatic N) is 1. The van der Waals surface area contributed by atoms with E-state index in [1.165, 1.54) is 11.3 Å². The molecule has 1 heterocycles. The van der Waals surface area contributed by atoms with Crippen molar-refractivity contribution >= 4 is 48.3 Å². The lowest BCUT2D eigenvalue weighted by molar-refractivity contribution is 0.102. The number of rotatable bonds is 6. The fraction of sp³-hybridized carbons (Fsp3) is 0.130. The van der Waals surface area contributed by atoms with Crippen LogP contribution in [0.25, 0.3) is 10.2 Å². The molecule has 4 rings (SSSR count). The molecule has 1 amide bonds. The number of aromatic nitrogens is 1. The summed E-state index contributed by atoms with van der Waals surface area (Å²) in [5, 5.41) is 3.14. The van der Waals surface area contributed by atoms with Crippen molar-refractivity contribution in [3.8, 4) is 5.75 Å². The predicted molar refractivity (Wildman–Crippen MR) is 127 cm³/mol. The highest BCUT2D eigenvalue weighted by Gasteiger charge is 2.18. The number of anilines is 2. The fourth-order valence-corrected chi connectivity index (χ4v) is 5.39. The number of hydrogen-bond acceptors (Lipinski definition) is 6. The van der Waals surface area contributed by atoms with Gasteiger partial charge in [0, 0.05) is 11.3 Å². The van der Waals surface area contributed by atoms with E-state index >= 15 is 0 Å². The van der Waals surface area contributed by atoms with Crippen LogP contribution >= 0.6 is 11.3 Å². The number of methoxy groups -OCH3 is 1. The van der Waals surface area contributed by atoms with Crippen LogP contribution in [0.15, 0.2) is 65.6 Å². The highest BCUT2D eigenvalue weighted by Crippen LogP contribution is 2.32. The minimum atomic E-state index is -3.75. The summed E-state index contributed by atoms with van der Waals surface area (Å²) >= 11 is 1.21. The van der Waals surface area contributed by atoms with E-state index in [1.807, 2.05) is 13.8 Å². The number of carbonyl (C=O) groups excluding carboxylic acids is 1. The lowest BCUT2D eigenvalue weighted by atomic mass is 10.1. The van der Waals surface area contributed by atoms with E-state index in [2.05, 4.69) is 15.0 Å². The molecule has 2 N–H and O–H groups in total. The molecule has 0 spiro atoms. The zero-order valence-electron chi connectivity index (χ0n) is 17.7. The lowest BCUT2D eigenvalue weighted by Crippen LogP contribution is -2.12. The third-order valence-electron chi connectivity index (χ3n) is 4.83. The Balaban J connectivity index is 1.59. The Labute approximate surface area is 190 Å². The number of nitrogens with one attached hydrogen (secondary N) is 2. The number of benzene rings is 3. The maximum atomic E-state index is 12.7. The number of carbonyl (C=O) groups is 1. The van der Waals surface area contributed by atoms with Crippen LogP contribution in [0.2, 0.25) is 0 Å². The number of amides is 1. The van der Waals surface area contributed by atoms with Gasteiger partial charge in [0.05, 0.1) is 22.2 Å². The van der Waals surface area contributed by atoms with Gasteiger partial charge in [0.25, 0.3) is 15.9 Å². The molecule has 0 atom stereocenters. The zero-order chi connectivity index (χ0) is 22.9. The summed E-state index contributed by atoms with van der Waals surface area (Å²) in [5.41, 5.74) is 3.54. The SMILES string of the molecule is COc1cccc(C(=O)Nc2cc(C)c3nc(NS(=O)(=O)c4ccc(C)cc4)sc3c2)c1. The lowest BCUT2D eigenvalue weighted by Gasteiger charge is -2.08. The van der Waals surface area contributed by atoms with Gasteiger partial charge in [0.2, 0.25) is 0 Å². The van der Waals surface area contributed by atoms with Crippen LogP contribution in [0, 0.1) is 13.8 Å². The van der Waals surface area contributed by atoms with Crippen molar-refractivity contribution in [2.75, 3.05) is 17.1 Å². The molecule has 0 bridgehead atoms. The minimum Gasteiger partial charge on any atom is -0.497 e. The predicted octanol–water partition coefficient (Wildman–Crippen LogP) is 4.97. The normalized spacial score (nSPS) is 11.3. The molecule has 0 radical (unpaired) electrons. The van der Waals surface area contributed by atoms with Crippen molar-refractivity contribution in [1.82, 2.24) is 4.98 Å². The second-order valence-corrected chi connectivity index (χ2v) is 9.98. The first-order valence-corrected chi connectivity index (χ1v) is 12.0. The monoisotopic (exact) mass is 467 g/mol. The molecule has 0 saturated heterocycles. The van der Waals surface area contributed by atoms with Crippen LogP contribution in [0.3, 0.4) is 0 Å².